The molecule has 7 nitrogen and oxygen atoms in total. The van der Waals surface area contributed by atoms with Gasteiger partial charge in [0.1, 0.15) is 5.76 Å². The van der Waals surface area contributed by atoms with Crippen LogP contribution in [0.2, 0.25) is 0 Å². The molecule has 0 fully saturated rings. The summed E-state index contributed by atoms with van der Waals surface area (Å²) in [4.78, 5) is 23.0. The van der Waals surface area contributed by atoms with Gasteiger partial charge in [-0.1, -0.05) is 54.2 Å². The van der Waals surface area contributed by atoms with Crippen molar-refractivity contribution in [1.82, 2.24) is 14.5 Å². The van der Waals surface area contributed by atoms with Crippen molar-refractivity contribution in [2.45, 2.75) is 31.3 Å². The minimum Gasteiger partial charge on any atom is -0.493 e. The van der Waals surface area contributed by atoms with Crippen molar-refractivity contribution in [3.05, 3.63) is 100 Å². The second-order valence-corrected chi connectivity index (χ2v) is 9.34. The SMILES string of the molecule is CCOc1ccc(-c2nc(CSc3nc4ccccc4c(=O)n3Cc3ccccc3)c(C)o2)cc1OC. The smallest absolute Gasteiger partial charge is 0.262 e. The number of oxazole rings is 1. The third kappa shape index (κ3) is 5.24. The molecule has 0 amide bonds. The van der Waals surface area contributed by atoms with Crippen molar-refractivity contribution in [2.75, 3.05) is 13.7 Å². The fourth-order valence-electron chi connectivity index (χ4n) is 4.06. The zero-order chi connectivity index (χ0) is 25.8. The lowest BCUT2D eigenvalue weighted by molar-refractivity contribution is 0.311. The zero-order valence-corrected chi connectivity index (χ0v) is 21.7. The first kappa shape index (κ1) is 24.6. The molecule has 3 aromatic carbocycles. The Kier molecular flexibility index (Phi) is 7.28. The van der Waals surface area contributed by atoms with Gasteiger partial charge in [-0.05, 0) is 49.7 Å². The number of nitrogens with zero attached hydrogens (tertiary/aromatic N) is 3. The Morgan fingerprint density at radius 3 is 2.54 bits per heavy atom. The standard InChI is InChI=1S/C29H27N3O4S/c1-4-35-25-15-14-21(16-26(25)34-3)27-30-24(19(2)36-27)18-37-29-31-23-13-9-8-12-22(23)28(33)32(29)17-20-10-6-5-7-11-20/h5-16H,4,17-18H2,1-3H3. The van der Waals surface area contributed by atoms with Crippen molar-refractivity contribution in [2.24, 2.45) is 0 Å². The van der Waals surface area contributed by atoms with Crippen molar-refractivity contribution in [1.29, 1.82) is 0 Å². The van der Waals surface area contributed by atoms with E-state index in [1.807, 2.05) is 86.6 Å². The Morgan fingerprint density at radius 1 is 0.973 bits per heavy atom. The van der Waals surface area contributed by atoms with Gasteiger partial charge in [-0.15, -0.1) is 0 Å². The maximum atomic E-state index is 13.4. The van der Waals surface area contributed by atoms with Crippen LogP contribution >= 0.6 is 11.8 Å². The van der Waals surface area contributed by atoms with Crippen LogP contribution in [0.1, 0.15) is 23.9 Å². The number of aromatic nitrogens is 3. The second kappa shape index (κ2) is 10.9. The molecular formula is C29H27N3O4S. The van der Waals surface area contributed by atoms with E-state index in [0.717, 1.165) is 16.8 Å². The van der Waals surface area contributed by atoms with Crippen LogP contribution in [0, 0.1) is 6.92 Å². The Morgan fingerprint density at radius 2 is 1.76 bits per heavy atom. The van der Waals surface area contributed by atoms with Crippen LogP contribution in [-0.4, -0.2) is 28.3 Å². The summed E-state index contributed by atoms with van der Waals surface area (Å²) < 4.78 is 18.8. The number of methoxy groups -OCH3 is 1. The largest absolute Gasteiger partial charge is 0.493 e. The fourth-order valence-corrected chi connectivity index (χ4v) is 5.06. The Labute approximate surface area is 219 Å². The van der Waals surface area contributed by atoms with Crippen molar-refractivity contribution >= 4 is 22.7 Å². The molecule has 0 unspecified atom stereocenters. The van der Waals surface area contributed by atoms with Gasteiger partial charge in [0.2, 0.25) is 5.89 Å². The van der Waals surface area contributed by atoms with Crippen LogP contribution in [0.4, 0.5) is 0 Å². The zero-order valence-electron chi connectivity index (χ0n) is 20.9. The van der Waals surface area contributed by atoms with E-state index in [-0.39, 0.29) is 5.56 Å². The first-order valence-corrected chi connectivity index (χ1v) is 13.0. The van der Waals surface area contributed by atoms with Crippen LogP contribution < -0.4 is 15.0 Å². The van der Waals surface area contributed by atoms with Gasteiger partial charge in [-0.25, -0.2) is 9.97 Å². The van der Waals surface area contributed by atoms with E-state index in [1.165, 1.54) is 11.8 Å². The van der Waals surface area contributed by atoms with Crippen molar-refractivity contribution < 1.29 is 13.9 Å². The summed E-state index contributed by atoms with van der Waals surface area (Å²) in [6.45, 7) is 4.81. The number of rotatable bonds is 9. The summed E-state index contributed by atoms with van der Waals surface area (Å²) >= 11 is 1.47. The number of thioether (sulfide) groups is 1. The predicted octanol–water partition coefficient (Wildman–Crippen LogP) is 6.11. The highest BCUT2D eigenvalue weighted by Gasteiger charge is 2.17. The average molecular weight is 514 g/mol. The van der Waals surface area contributed by atoms with Crippen LogP contribution in [-0.2, 0) is 12.3 Å². The maximum Gasteiger partial charge on any atom is 0.262 e. The highest BCUT2D eigenvalue weighted by molar-refractivity contribution is 7.98. The summed E-state index contributed by atoms with van der Waals surface area (Å²) in [5.74, 6) is 3.02. The topological polar surface area (TPSA) is 79.4 Å². The Balaban J connectivity index is 1.45. The molecule has 0 saturated heterocycles. The summed E-state index contributed by atoms with van der Waals surface area (Å²) in [6.07, 6.45) is 0. The number of benzene rings is 3. The monoisotopic (exact) mass is 513 g/mol. The van der Waals surface area contributed by atoms with Gasteiger partial charge in [-0.3, -0.25) is 9.36 Å². The molecule has 2 heterocycles. The van der Waals surface area contributed by atoms with Crippen molar-refractivity contribution in [3.8, 4) is 23.0 Å². The van der Waals surface area contributed by atoms with Crippen LogP contribution in [0.15, 0.2) is 87.2 Å². The highest BCUT2D eigenvalue weighted by atomic mass is 32.2. The maximum absolute atomic E-state index is 13.4. The molecule has 0 atom stereocenters. The molecule has 188 valence electrons. The van der Waals surface area contributed by atoms with E-state index in [9.17, 15) is 4.79 Å². The van der Waals surface area contributed by atoms with Crippen LogP contribution in [0.5, 0.6) is 11.5 Å². The van der Waals surface area contributed by atoms with Gasteiger partial charge >= 0.3 is 0 Å². The minimum atomic E-state index is -0.0593. The third-order valence-electron chi connectivity index (χ3n) is 5.95. The van der Waals surface area contributed by atoms with E-state index in [2.05, 4.69) is 0 Å². The van der Waals surface area contributed by atoms with Gasteiger partial charge in [0.25, 0.3) is 5.56 Å². The summed E-state index contributed by atoms with van der Waals surface area (Å²) in [7, 11) is 1.61. The first-order valence-electron chi connectivity index (χ1n) is 12.0. The predicted molar refractivity (Wildman–Crippen MR) is 146 cm³/mol. The number of aryl methyl sites for hydroxylation is 1. The number of hydrogen-bond acceptors (Lipinski definition) is 7. The lowest BCUT2D eigenvalue weighted by atomic mass is 10.2. The number of ether oxygens (including phenoxy) is 2. The Hall–Kier alpha value is -4.04. The van der Waals surface area contributed by atoms with E-state index in [1.54, 1.807) is 11.7 Å². The molecule has 5 rings (SSSR count). The van der Waals surface area contributed by atoms with E-state index in [0.29, 0.717) is 58.1 Å². The molecule has 2 aromatic heterocycles. The fraction of sp³-hybridized carbons (Fsp3) is 0.207. The van der Waals surface area contributed by atoms with E-state index < -0.39 is 0 Å². The van der Waals surface area contributed by atoms with Gasteiger partial charge in [0, 0.05) is 11.3 Å². The van der Waals surface area contributed by atoms with E-state index in [4.69, 9.17) is 23.9 Å². The van der Waals surface area contributed by atoms with Gasteiger partial charge in [0.15, 0.2) is 16.7 Å². The Bertz CT molecular complexity index is 1590. The molecule has 0 N–H and O–H groups in total. The molecule has 0 aliphatic heterocycles. The third-order valence-corrected chi connectivity index (χ3v) is 6.94. The first-order chi connectivity index (χ1) is 18.1. The van der Waals surface area contributed by atoms with Crippen LogP contribution in [0.3, 0.4) is 0 Å². The molecular weight excluding hydrogens is 486 g/mol. The lowest BCUT2D eigenvalue weighted by Crippen LogP contribution is -2.24. The molecule has 0 aliphatic rings. The van der Waals surface area contributed by atoms with Gasteiger partial charge in [-0.2, -0.15) is 0 Å². The minimum absolute atomic E-state index is 0.0593. The van der Waals surface area contributed by atoms with Gasteiger partial charge in [0.05, 0.1) is 36.9 Å². The average Bonchev–Trinajstić information content (AvgIpc) is 3.30. The van der Waals surface area contributed by atoms with Gasteiger partial charge < -0.3 is 13.9 Å². The summed E-state index contributed by atoms with van der Waals surface area (Å²) in [5.41, 5.74) is 3.24. The second-order valence-electron chi connectivity index (χ2n) is 8.40. The van der Waals surface area contributed by atoms with Crippen molar-refractivity contribution in [3.63, 3.8) is 0 Å². The molecule has 37 heavy (non-hydrogen) atoms. The lowest BCUT2D eigenvalue weighted by Gasteiger charge is -2.13. The van der Waals surface area contributed by atoms with Crippen LogP contribution in [0.25, 0.3) is 22.4 Å². The molecule has 0 spiro atoms. The van der Waals surface area contributed by atoms with E-state index >= 15 is 0 Å². The molecule has 8 heteroatoms. The number of fused-ring (bicyclic) bond motifs is 1. The molecule has 5 aromatic rings. The molecule has 0 bridgehead atoms. The summed E-state index contributed by atoms with van der Waals surface area (Å²) in [6, 6.07) is 23.0. The number of hydrogen-bond donors (Lipinski definition) is 0. The number of para-hydroxylation sites is 1. The molecule has 0 saturated carbocycles. The summed E-state index contributed by atoms with van der Waals surface area (Å²) in [5, 5.41) is 1.24. The molecule has 0 aliphatic carbocycles. The molecule has 0 radical (unpaired) electrons. The quantitative estimate of drug-likeness (QED) is 0.174. The highest BCUT2D eigenvalue weighted by Crippen LogP contribution is 2.34. The normalized spacial score (nSPS) is 11.1.